The van der Waals surface area contributed by atoms with E-state index >= 15 is 0 Å². The fourth-order valence-electron chi connectivity index (χ4n) is 4.37. The fourth-order valence-corrected chi connectivity index (χ4v) is 5.33. The zero-order chi connectivity index (χ0) is 22.2. The summed E-state index contributed by atoms with van der Waals surface area (Å²) < 4.78 is 19.4. The average molecular weight is 445 g/mol. The van der Waals surface area contributed by atoms with Crippen molar-refractivity contribution < 1.29 is 19.0 Å². The lowest BCUT2D eigenvalue weighted by molar-refractivity contribution is 0.0606. The number of aliphatic hydroxyl groups excluding tert-OH is 1. The minimum absolute atomic E-state index is 0.00495. The summed E-state index contributed by atoms with van der Waals surface area (Å²) in [4.78, 5) is 13.4. The van der Waals surface area contributed by atoms with Crippen LogP contribution >= 0.6 is 11.3 Å². The van der Waals surface area contributed by atoms with E-state index in [0.29, 0.717) is 11.3 Å². The van der Waals surface area contributed by atoms with Crippen LogP contribution in [0.5, 0.6) is 0 Å². The number of thiophene rings is 1. The fraction of sp³-hybridized carbons (Fsp3) is 0.500. The molecular formula is C26H33FO3S. The molecule has 0 spiro atoms. The van der Waals surface area contributed by atoms with Crippen molar-refractivity contribution in [3.63, 3.8) is 0 Å². The Morgan fingerprint density at radius 2 is 1.97 bits per heavy atom. The van der Waals surface area contributed by atoms with Gasteiger partial charge in [0.1, 0.15) is 10.7 Å². The van der Waals surface area contributed by atoms with E-state index in [0.717, 1.165) is 72.9 Å². The van der Waals surface area contributed by atoms with Gasteiger partial charge in [-0.15, -0.1) is 11.3 Å². The summed E-state index contributed by atoms with van der Waals surface area (Å²) in [6.45, 7) is 2.15. The van der Waals surface area contributed by atoms with Gasteiger partial charge in [-0.25, -0.2) is 9.18 Å². The van der Waals surface area contributed by atoms with E-state index in [1.165, 1.54) is 18.4 Å². The zero-order valence-electron chi connectivity index (χ0n) is 18.5. The molecule has 3 rings (SSSR count). The number of carbonyl (C=O) groups is 1. The molecule has 2 aromatic rings. The Bertz CT molecular complexity index is 884. The van der Waals surface area contributed by atoms with Gasteiger partial charge in [0.05, 0.1) is 13.2 Å². The molecule has 1 aromatic heterocycles. The molecule has 168 valence electrons. The second-order valence-electron chi connectivity index (χ2n) is 8.34. The molecule has 1 aromatic carbocycles. The number of halogens is 1. The van der Waals surface area contributed by atoms with Crippen LogP contribution in [0.3, 0.4) is 0 Å². The van der Waals surface area contributed by atoms with Crippen molar-refractivity contribution >= 4 is 22.9 Å². The molecular weight excluding hydrogens is 411 g/mol. The van der Waals surface area contributed by atoms with E-state index in [1.54, 1.807) is 0 Å². The maximum atomic E-state index is 14.7. The number of esters is 1. The predicted molar refractivity (Wildman–Crippen MR) is 125 cm³/mol. The minimum atomic E-state index is -0.445. The van der Waals surface area contributed by atoms with Crippen LogP contribution in [-0.2, 0) is 11.2 Å². The number of aryl methyl sites for hydroxylation is 1. The van der Waals surface area contributed by atoms with Gasteiger partial charge in [-0.2, -0.15) is 0 Å². The second kappa shape index (κ2) is 11.6. The van der Waals surface area contributed by atoms with Crippen molar-refractivity contribution in [2.24, 2.45) is 5.92 Å². The van der Waals surface area contributed by atoms with Gasteiger partial charge in [-0.3, -0.25) is 0 Å². The Morgan fingerprint density at radius 3 is 2.68 bits per heavy atom. The van der Waals surface area contributed by atoms with Crippen LogP contribution in [0.1, 0.15) is 90.1 Å². The first-order valence-electron chi connectivity index (χ1n) is 11.4. The summed E-state index contributed by atoms with van der Waals surface area (Å²) in [5.41, 5.74) is 2.69. The Hall–Kier alpha value is -1.98. The van der Waals surface area contributed by atoms with Crippen molar-refractivity contribution in [1.29, 1.82) is 0 Å². The van der Waals surface area contributed by atoms with Gasteiger partial charge in [0.2, 0.25) is 0 Å². The van der Waals surface area contributed by atoms with Gasteiger partial charge in [-0.05, 0) is 66.9 Å². The smallest absolute Gasteiger partial charge is 0.348 e. The standard InChI is InChI=1S/C26H33FO3S/c1-3-4-5-9-23(28)18-10-12-20(13-11-18)25-19(14-16-22(25)27)7-6-8-21-15-17-24(31-21)26(29)30-2/h10-13,15,17,19,23,28H,3-9,14,16H2,1-2H3/t19-,23?/m0/s1. The average Bonchev–Trinajstić information content (AvgIpc) is 3.40. The maximum Gasteiger partial charge on any atom is 0.348 e. The molecule has 0 amide bonds. The highest BCUT2D eigenvalue weighted by Crippen LogP contribution is 2.42. The van der Waals surface area contributed by atoms with Crippen LogP contribution < -0.4 is 0 Å². The summed E-state index contributed by atoms with van der Waals surface area (Å²) in [6.07, 6.45) is 7.74. The highest BCUT2D eigenvalue weighted by Gasteiger charge is 2.27. The van der Waals surface area contributed by atoms with E-state index in [9.17, 15) is 14.3 Å². The van der Waals surface area contributed by atoms with Gasteiger partial charge in [0, 0.05) is 11.3 Å². The number of benzene rings is 1. The summed E-state index contributed by atoms with van der Waals surface area (Å²) in [6, 6.07) is 11.6. The minimum Gasteiger partial charge on any atom is -0.465 e. The summed E-state index contributed by atoms with van der Waals surface area (Å²) >= 11 is 1.47. The number of methoxy groups -OCH3 is 1. The van der Waals surface area contributed by atoms with Crippen molar-refractivity contribution in [2.45, 2.75) is 70.8 Å². The Balaban J connectivity index is 1.57. The van der Waals surface area contributed by atoms with Crippen molar-refractivity contribution in [1.82, 2.24) is 0 Å². The number of unbranched alkanes of at least 4 members (excludes halogenated alkanes) is 2. The molecule has 31 heavy (non-hydrogen) atoms. The molecule has 0 fully saturated rings. The molecule has 0 bridgehead atoms. The van der Waals surface area contributed by atoms with Crippen molar-refractivity contribution in [3.05, 3.63) is 63.1 Å². The van der Waals surface area contributed by atoms with Crippen LogP contribution in [0.2, 0.25) is 0 Å². The molecule has 1 aliphatic rings. The van der Waals surface area contributed by atoms with Crippen LogP contribution in [0, 0.1) is 5.92 Å². The van der Waals surface area contributed by atoms with E-state index in [4.69, 9.17) is 4.74 Å². The summed E-state index contributed by atoms with van der Waals surface area (Å²) in [5, 5.41) is 10.4. The molecule has 1 unspecified atom stereocenters. The number of rotatable bonds is 11. The number of hydrogen-bond acceptors (Lipinski definition) is 4. The summed E-state index contributed by atoms with van der Waals surface area (Å²) in [7, 11) is 1.39. The lowest BCUT2D eigenvalue weighted by Gasteiger charge is -2.16. The first-order chi connectivity index (χ1) is 15.0. The van der Waals surface area contributed by atoms with Crippen LogP contribution in [0.15, 0.2) is 42.2 Å². The Labute approximate surface area is 189 Å². The molecule has 2 atom stereocenters. The lowest BCUT2D eigenvalue weighted by atomic mass is 9.89. The summed E-state index contributed by atoms with van der Waals surface area (Å²) in [5.74, 6) is -0.0658. The third kappa shape index (κ3) is 6.27. The van der Waals surface area contributed by atoms with E-state index in [-0.39, 0.29) is 17.7 Å². The molecule has 0 aliphatic heterocycles. The largest absolute Gasteiger partial charge is 0.465 e. The van der Waals surface area contributed by atoms with Gasteiger partial charge in [-0.1, -0.05) is 50.5 Å². The van der Waals surface area contributed by atoms with Crippen LogP contribution in [0.4, 0.5) is 4.39 Å². The van der Waals surface area contributed by atoms with Crippen molar-refractivity contribution in [2.75, 3.05) is 7.11 Å². The number of allylic oxidation sites excluding steroid dienone is 2. The molecule has 1 N–H and O–H groups in total. The topological polar surface area (TPSA) is 46.5 Å². The SMILES string of the molecule is CCCCCC(O)c1ccc(C2=C(F)CC[C@@H]2CCCc2ccc(C(=O)OC)s2)cc1. The molecule has 3 nitrogen and oxygen atoms in total. The molecule has 1 heterocycles. The monoisotopic (exact) mass is 444 g/mol. The van der Waals surface area contributed by atoms with Gasteiger partial charge < -0.3 is 9.84 Å². The quantitative estimate of drug-likeness (QED) is 0.293. The second-order valence-corrected chi connectivity index (χ2v) is 9.51. The van der Waals surface area contributed by atoms with E-state index < -0.39 is 6.10 Å². The molecule has 0 saturated heterocycles. The van der Waals surface area contributed by atoms with Gasteiger partial charge in [0.25, 0.3) is 0 Å². The highest BCUT2D eigenvalue weighted by molar-refractivity contribution is 7.13. The van der Waals surface area contributed by atoms with Crippen LogP contribution in [0.25, 0.3) is 5.57 Å². The molecule has 1 aliphatic carbocycles. The molecule has 5 heteroatoms. The Morgan fingerprint density at radius 1 is 1.19 bits per heavy atom. The highest BCUT2D eigenvalue weighted by atomic mass is 32.1. The van der Waals surface area contributed by atoms with Crippen molar-refractivity contribution in [3.8, 4) is 0 Å². The molecule has 0 radical (unpaired) electrons. The number of aliphatic hydroxyl groups is 1. The van der Waals surface area contributed by atoms with Gasteiger partial charge >= 0.3 is 5.97 Å². The zero-order valence-corrected chi connectivity index (χ0v) is 19.3. The first-order valence-corrected chi connectivity index (χ1v) is 12.2. The first kappa shape index (κ1) is 23.7. The molecule has 0 saturated carbocycles. The van der Waals surface area contributed by atoms with Crippen LogP contribution in [-0.4, -0.2) is 18.2 Å². The predicted octanol–water partition coefficient (Wildman–Crippen LogP) is 7.26. The number of hydrogen-bond donors (Lipinski definition) is 1. The lowest BCUT2D eigenvalue weighted by Crippen LogP contribution is -2.02. The third-order valence-corrected chi connectivity index (χ3v) is 7.25. The third-order valence-electron chi connectivity index (χ3n) is 6.12. The van der Waals surface area contributed by atoms with E-state index in [1.807, 2.05) is 36.4 Å². The Kier molecular flexibility index (Phi) is 8.85. The van der Waals surface area contributed by atoms with E-state index in [2.05, 4.69) is 6.92 Å². The number of ether oxygens (including phenoxy) is 1. The number of carbonyl (C=O) groups excluding carboxylic acids is 1. The normalized spacial score (nSPS) is 17.2. The van der Waals surface area contributed by atoms with Gasteiger partial charge in [0.15, 0.2) is 0 Å². The maximum absolute atomic E-state index is 14.7.